The van der Waals surface area contributed by atoms with Crippen molar-refractivity contribution >= 4 is 34.5 Å². The van der Waals surface area contributed by atoms with Crippen molar-refractivity contribution in [3.05, 3.63) is 19.8 Å². The molecule has 0 bridgehead atoms. The van der Waals surface area contributed by atoms with Gasteiger partial charge in [0.05, 0.1) is 0 Å². The van der Waals surface area contributed by atoms with Crippen molar-refractivity contribution in [2.24, 2.45) is 0 Å². The van der Waals surface area contributed by atoms with Crippen LogP contribution >= 0.6 is 34.5 Å². The SMILES string of the molecule is N#Cc1c(Cl)sc(Cl)c1C#N. The third-order valence-corrected chi connectivity index (χ3v) is 2.65. The minimum absolute atomic E-state index is 0.171. The fourth-order valence-corrected chi connectivity index (χ4v) is 2.09. The summed E-state index contributed by atoms with van der Waals surface area (Å²) in [6.07, 6.45) is 0. The molecule has 0 aliphatic carbocycles. The van der Waals surface area contributed by atoms with Crippen molar-refractivity contribution in [3.8, 4) is 12.1 Å². The normalized spacial score (nSPS) is 8.73. The van der Waals surface area contributed by atoms with Crippen molar-refractivity contribution in [1.29, 1.82) is 10.5 Å². The summed E-state index contributed by atoms with van der Waals surface area (Å²) in [5.74, 6) is 0. The zero-order chi connectivity index (χ0) is 8.43. The molecule has 0 unspecified atom stereocenters. The molecule has 2 nitrogen and oxygen atoms in total. The highest BCUT2D eigenvalue weighted by molar-refractivity contribution is 7.20. The molecule has 11 heavy (non-hydrogen) atoms. The topological polar surface area (TPSA) is 47.6 Å². The van der Waals surface area contributed by atoms with Crippen LogP contribution < -0.4 is 0 Å². The number of nitriles is 2. The summed E-state index contributed by atoms with van der Waals surface area (Å²) in [4.78, 5) is 0. The quantitative estimate of drug-likeness (QED) is 0.650. The maximum atomic E-state index is 8.51. The number of hydrogen-bond acceptors (Lipinski definition) is 3. The molecule has 1 heterocycles. The lowest BCUT2D eigenvalue weighted by Gasteiger charge is -1.80. The molecule has 0 atom stereocenters. The Bertz CT molecular complexity index is 335. The van der Waals surface area contributed by atoms with E-state index in [1.807, 2.05) is 12.1 Å². The summed E-state index contributed by atoms with van der Waals surface area (Å²) in [7, 11) is 0. The van der Waals surface area contributed by atoms with Crippen molar-refractivity contribution in [2.45, 2.75) is 0 Å². The Labute approximate surface area is 77.2 Å². The minimum Gasteiger partial charge on any atom is -0.192 e. The average Bonchev–Trinajstić information content (AvgIpc) is 2.24. The van der Waals surface area contributed by atoms with Crippen LogP contribution in [0.1, 0.15) is 11.1 Å². The first-order valence-electron chi connectivity index (χ1n) is 2.48. The molecule has 54 valence electrons. The standard InChI is InChI=1S/C6Cl2N2S/c7-5-3(1-9)4(2-10)6(8)11-5. The van der Waals surface area contributed by atoms with Gasteiger partial charge in [-0.05, 0) is 0 Å². The van der Waals surface area contributed by atoms with Crippen LogP contribution in [0.15, 0.2) is 0 Å². The van der Waals surface area contributed by atoms with Gasteiger partial charge in [0, 0.05) is 0 Å². The zero-order valence-corrected chi connectivity index (χ0v) is 7.39. The lowest BCUT2D eigenvalue weighted by atomic mass is 10.2. The third kappa shape index (κ3) is 1.32. The van der Waals surface area contributed by atoms with Gasteiger partial charge < -0.3 is 0 Å². The first kappa shape index (κ1) is 8.36. The summed E-state index contributed by atoms with van der Waals surface area (Å²) in [5, 5.41) is 17.0. The van der Waals surface area contributed by atoms with E-state index in [-0.39, 0.29) is 19.8 Å². The van der Waals surface area contributed by atoms with Gasteiger partial charge in [0.1, 0.15) is 31.9 Å². The average molecular weight is 203 g/mol. The molecule has 0 aliphatic rings. The van der Waals surface area contributed by atoms with Crippen molar-refractivity contribution < 1.29 is 0 Å². The van der Waals surface area contributed by atoms with Crippen LogP contribution in [-0.4, -0.2) is 0 Å². The van der Waals surface area contributed by atoms with Crippen LogP contribution in [0.25, 0.3) is 0 Å². The van der Waals surface area contributed by atoms with Gasteiger partial charge in [0.25, 0.3) is 0 Å². The van der Waals surface area contributed by atoms with E-state index in [2.05, 4.69) is 0 Å². The molecule has 1 rings (SSSR count). The van der Waals surface area contributed by atoms with Gasteiger partial charge in [0.15, 0.2) is 0 Å². The molecule has 0 aliphatic heterocycles. The lowest BCUT2D eigenvalue weighted by Crippen LogP contribution is -1.74. The Kier molecular flexibility index (Phi) is 2.36. The van der Waals surface area contributed by atoms with E-state index in [1.54, 1.807) is 0 Å². The fourth-order valence-electron chi connectivity index (χ4n) is 0.577. The molecular formula is C6Cl2N2S. The molecule has 0 saturated carbocycles. The summed E-state index contributed by atoms with van der Waals surface area (Å²) in [6.45, 7) is 0. The van der Waals surface area contributed by atoms with Crippen molar-refractivity contribution in [1.82, 2.24) is 0 Å². The van der Waals surface area contributed by atoms with Crippen LogP contribution in [0.4, 0.5) is 0 Å². The van der Waals surface area contributed by atoms with E-state index in [9.17, 15) is 0 Å². The van der Waals surface area contributed by atoms with E-state index in [4.69, 9.17) is 33.7 Å². The number of rotatable bonds is 0. The molecule has 0 amide bonds. The smallest absolute Gasteiger partial charge is 0.114 e. The number of thiophene rings is 1. The first-order valence-corrected chi connectivity index (χ1v) is 4.06. The molecule has 5 heteroatoms. The predicted octanol–water partition coefficient (Wildman–Crippen LogP) is 2.80. The van der Waals surface area contributed by atoms with Crippen LogP contribution in [0.3, 0.4) is 0 Å². The Morgan fingerprint density at radius 3 is 1.64 bits per heavy atom. The molecule has 0 fully saturated rings. The largest absolute Gasteiger partial charge is 0.192 e. The molecule has 1 aromatic rings. The van der Waals surface area contributed by atoms with Gasteiger partial charge in [-0.15, -0.1) is 11.3 Å². The van der Waals surface area contributed by atoms with Crippen molar-refractivity contribution in [2.75, 3.05) is 0 Å². The second kappa shape index (κ2) is 3.11. The number of hydrogen-bond donors (Lipinski definition) is 0. The predicted molar refractivity (Wildman–Crippen MR) is 43.8 cm³/mol. The maximum Gasteiger partial charge on any atom is 0.114 e. The zero-order valence-electron chi connectivity index (χ0n) is 5.06. The third-order valence-electron chi connectivity index (χ3n) is 1.05. The molecule has 1 aromatic heterocycles. The van der Waals surface area contributed by atoms with Crippen LogP contribution in [0.2, 0.25) is 8.67 Å². The molecule has 0 aromatic carbocycles. The molecule has 0 N–H and O–H groups in total. The highest BCUT2D eigenvalue weighted by Gasteiger charge is 2.14. The summed E-state index contributed by atoms with van der Waals surface area (Å²) in [6, 6.07) is 3.61. The van der Waals surface area contributed by atoms with Crippen LogP contribution in [-0.2, 0) is 0 Å². The maximum absolute atomic E-state index is 8.51. The van der Waals surface area contributed by atoms with Gasteiger partial charge in [-0.2, -0.15) is 10.5 Å². The number of halogens is 2. The van der Waals surface area contributed by atoms with E-state index in [0.29, 0.717) is 0 Å². The van der Waals surface area contributed by atoms with Crippen LogP contribution in [0, 0.1) is 22.7 Å². The van der Waals surface area contributed by atoms with Gasteiger partial charge >= 0.3 is 0 Å². The van der Waals surface area contributed by atoms with E-state index >= 15 is 0 Å². The van der Waals surface area contributed by atoms with E-state index < -0.39 is 0 Å². The summed E-state index contributed by atoms with van der Waals surface area (Å²) < 4.78 is 0.545. The Morgan fingerprint density at radius 2 is 1.36 bits per heavy atom. The minimum atomic E-state index is 0.171. The summed E-state index contributed by atoms with van der Waals surface area (Å²) >= 11 is 12.2. The Hall–Kier alpha value is -0.740. The van der Waals surface area contributed by atoms with E-state index in [0.717, 1.165) is 11.3 Å². The van der Waals surface area contributed by atoms with Crippen LogP contribution in [0.5, 0.6) is 0 Å². The Balaban J connectivity index is 3.47. The fraction of sp³-hybridized carbons (Fsp3) is 0. The monoisotopic (exact) mass is 202 g/mol. The first-order chi connectivity index (χ1) is 5.20. The van der Waals surface area contributed by atoms with Crippen molar-refractivity contribution in [3.63, 3.8) is 0 Å². The second-order valence-electron chi connectivity index (χ2n) is 1.62. The second-order valence-corrected chi connectivity index (χ2v) is 3.85. The van der Waals surface area contributed by atoms with Gasteiger partial charge in [-0.1, -0.05) is 23.2 Å². The molecule has 0 spiro atoms. The molecular weight excluding hydrogens is 203 g/mol. The van der Waals surface area contributed by atoms with Gasteiger partial charge in [-0.25, -0.2) is 0 Å². The molecule has 0 saturated heterocycles. The highest BCUT2D eigenvalue weighted by Crippen LogP contribution is 2.35. The van der Waals surface area contributed by atoms with Gasteiger partial charge in [0.2, 0.25) is 0 Å². The molecule has 0 radical (unpaired) electrons. The highest BCUT2D eigenvalue weighted by atomic mass is 35.5. The van der Waals surface area contributed by atoms with E-state index in [1.165, 1.54) is 0 Å². The Morgan fingerprint density at radius 1 is 1.00 bits per heavy atom. The lowest BCUT2D eigenvalue weighted by molar-refractivity contribution is 1.46. The number of nitrogens with zero attached hydrogens (tertiary/aromatic N) is 2. The summed E-state index contributed by atoms with van der Waals surface area (Å²) in [5.41, 5.74) is 0.341. The van der Waals surface area contributed by atoms with Gasteiger partial charge in [-0.3, -0.25) is 0 Å².